The number of piperazine rings is 1. The molecule has 0 spiro atoms. The maximum atomic E-state index is 12.5. The highest BCUT2D eigenvalue weighted by Crippen LogP contribution is 2.14. The highest BCUT2D eigenvalue weighted by Gasteiger charge is 2.25. The Morgan fingerprint density at radius 3 is 1.96 bits per heavy atom. The highest BCUT2D eigenvalue weighted by molar-refractivity contribution is 7.92. The van der Waals surface area contributed by atoms with Gasteiger partial charge in [-0.05, 0) is 24.3 Å². The van der Waals surface area contributed by atoms with Gasteiger partial charge in [-0.2, -0.15) is 0 Å². The summed E-state index contributed by atoms with van der Waals surface area (Å²) >= 11 is 0. The predicted octanol–water partition coefficient (Wildman–Crippen LogP) is 0.998. The normalized spacial score (nSPS) is 15.5. The van der Waals surface area contributed by atoms with E-state index in [0.717, 1.165) is 6.26 Å². The van der Waals surface area contributed by atoms with Gasteiger partial charge in [-0.3, -0.25) is 14.3 Å². The van der Waals surface area contributed by atoms with Crippen LogP contribution < -0.4 is 4.72 Å². The minimum absolute atomic E-state index is 0.0397. The first-order chi connectivity index (χ1) is 11.2. The van der Waals surface area contributed by atoms with Crippen LogP contribution in [0.4, 0.5) is 5.69 Å². The zero-order valence-corrected chi connectivity index (χ0v) is 15.0. The van der Waals surface area contributed by atoms with E-state index in [2.05, 4.69) is 4.72 Å². The summed E-state index contributed by atoms with van der Waals surface area (Å²) in [7, 11) is -3.33. The summed E-state index contributed by atoms with van der Waals surface area (Å²) in [6.45, 7) is 5.81. The molecule has 1 aromatic carbocycles. The summed E-state index contributed by atoms with van der Waals surface area (Å²) in [5, 5.41) is 0. The first-order valence-electron chi connectivity index (χ1n) is 7.83. The summed E-state index contributed by atoms with van der Waals surface area (Å²) < 4.78 is 24.7. The molecule has 2 amide bonds. The van der Waals surface area contributed by atoms with Gasteiger partial charge in [0.1, 0.15) is 0 Å². The quantitative estimate of drug-likeness (QED) is 0.875. The van der Waals surface area contributed by atoms with Gasteiger partial charge in [-0.15, -0.1) is 0 Å². The maximum Gasteiger partial charge on any atom is 0.253 e. The molecule has 1 fully saturated rings. The Morgan fingerprint density at radius 1 is 1.00 bits per heavy atom. The lowest BCUT2D eigenvalue weighted by Gasteiger charge is -2.35. The first kappa shape index (κ1) is 18.3. The van der Waals surface area contributed by atoms with Crippen molar-refractivity contribution in [3.8, 4) is 0 Å². The van der Waals surface area contributed by atoms with Crippen LogP contribution in [0.2, 0.25) is 0 Å². The van der Waals surface area contributed by atoms with Gasteiger partial charge in [0.25, 0.3) is 5.91 Å². The third kappa shape index (κ3) is 4.70. The van der Waals surface area contributed by atoms with Crippen molar-refractivity contribution in [2.75, 3.05) is 37.2 Å². The van der Waals surface area contributed by atoms with Crippen molar-refractivity contribution in [1.82, 2.24) is 9.80 Å². The van der Waals surface area contributed by atoms with Crippen LogP contribution >= 0.6 is 0 Å². The second-order valence-electron chi connectivity index (χ2n) is 6.22. The second-order valence-corrected chi connectivity index (χ2v) is 7.97. The smallest absolute Gasteiger partial charge is 0.253 e. The molecule has 1 saturated heterocycles. The zero-order valence-electron chi connectivity index (χ0n) is 14.2. The fourth-order valence-electron chi connectivity index (χ4n) is 2.57. The molecule has 1 aromatic rings. The molecule has 0 unspecified atom stereocenters. The molecule has 1 N–H and O–H groups in total. The summed E-state index contributed by atoms with van der Waals surface area (Å²) in [6, 6.07) is 6.32. The minimum Gasteiger partial charge on any atom is -0.339 e. The molecule has 0 radical (unpaired) electrons. The van der Waals surface area contributed by atoms with Crippen LogP contribution in [0.5, 0.6) is 0 Å². The van der Waals surface area contributed by atoms with E-state index in [1.165, 1.54) is 0 Å². The van der Waals surface area contributed by atoms with Gasteiger partial charge in [0, 0.05) is 43.3 Å². The average Bonchev–Trinajstić information content (AvgIpc) is 2.53. The fraction of sp³-hybridized carbons (Fsp3) is 0.500. The molecule has 24 heavy (non-hydrogen) atoms. The van der Waals surface area contributed by atoms with Crippen LogP contribution in [-0.4, -0.2) is 62.5 Å². The largest absolute Gasteiger partial charge is 0.339 e. The molecule has 132 valence electrons. The monoisotopic (exact) mass is 353 g/mol. The molecule has 1 heterocycles. The Balaban J connectivity index is 1.97. The minimum atomic E-state index is -3.33. The molecule has 8 heteroatoms. The third-order valence-corrected chi connectivity index (χ3v) is 4.41. The first-order valence-corrected chi connectivity index (χ1v) is 9.72. The van der Waals surface area contributed by atoms with E-state index in [4.69, 9.17) is 0 Å². The van der Waals surface area contributed by atoms with Crippen molar-refractivity contribution in [3.63, 3.8) is 0 Å². The Hall–Kier alpha value is -2.09. The number of hydrogen-bond acceptors (Lipinski definition) is 4. The van der Waals surface area contributed by atoms with Crippen molar-refractivity contribution in [2.45, 2.75) is 13.8 Å². The molecule has 0 aromatic heterocycles. The van der Waals surface area contributed by atoms with Crippen molar-refractivity contribution in [3.05, 3.63) is 29.8 Å². The van der Waals surface area contributed by atoms with Crippen LogP contribution in [0.15, 0.2) is 24.3 Å². The van der Waals surface area contributed by atoms with E-state index in [1.54, 1.807) is 34.1 Å². The predicted molar refractivity (Wildman–Crippen MR) is 92.2 cm³/mol. The van der Waals surface area contributed by atoms with Crippen molar-refractivity contribution in [1.29, 1.82) is 0 Å². The number of benzene rings is 1. The summed E-state index contributed by atoms with van der Waals surface area (Å²) in [4.78, 5) is 27.9. The summed E-state index contributed by atoms with van der Waals surface area (Å²) in [6.07, 6.45) is 1.07. The van der Waals surface area contributed by atoms with Crippen LogP contribution in [-0.2, 0) is 14.8 Å². The van der Waals surface area contributed by atoms with E-state index in [1.807, 2.05) is 13.8 Å². The average molecular weight is 353 g/mol. The van der Waals surface area contributed by atoms with Crippen molar-refractivity contribution in [2.24, 2.45) is 5.92 Å². The number of hydrogen-bond donors (Lipinski definition) is 1. The number of anilines is 1. The van der Waals surface area contributed by atoms with Gasteiger partial charge in [0.2, 0.25) is 15.9 Å². The van der Waals surface area contributed by atoms with E-state index in [-0.39, 0.29) is 17.7 Å². The molecule has 1 aliphatic heterocycles. The number of rotatable bonds is 4. The SMILES string of the molecule is CC(C)C(=O)N1CCN(C(=O)c2ccc(NS(C)(=O)=O)cc2)CC1. The van der Waals surface area contributed by atoms with Crippen molar-refractivity contribution >= 4 is 27.5 Å². The Morgan fingerprint density at radius 2 is 1.50 bits per heavy atom. The van der Waals surface area contributed by atoms with Gasteiger partial charge in [-0.25, -0.2) is 8.42 Å². The Bertz CT molecular complexity index is 705. The third-order valence-electron chi connectivity index (χ3n) is 3.81. The lowest BCUT2D eigenvalue weighted by atomic mass is 10.1. The number of carbonyl (C=O) groups is 2. The Labute approximate surface area is 142 Å². The topological polar surface area (TPSA) is 86.8 Å². The highest BCUT2D eigenvalue weighted by atomic mass is 32.2. The second kappa shape index (κ2) is 7.21. The molecular formula is C16H23N3O4S. The molecule has 7 nitrogen and oxygen atoms in total. The summed E-state index contributed by atoms with van der Waals surface area (Å²) in [5.41, 5.74) is 0.916. The molecular weight excluding hydrogens is 330 g/mol. The number of carbonyl (C=O) groups excluding carboxylic acids is 2. The maximum absolute atomic E-state index is 12.5. The lowest BCUT2D eigenvalue weighted by Crippen LogP contribution is -2.51. The standard InChI is InChI=1S/C16H23N3O4S/c1-12(2)15(20)18-8-10-19(11-9-18)16(21)13-4-6-14(7-5-13)17-24(3,22)23/h4-7,12,17H,8-11H2,1-3H3. The number of nitrogens with zero attached hydrogens (tertiary/aromatic N) is 2. The van der Waals surface area contributed by atoms with E-state index >= 15 is 0 Å². The number of sulfonamides is 1. The summed E-state index contributed by atoms with van der Waals surface area (Å²) in [5.74, 6) is -0.0435. The molecule has 0 saturated carbocycles. The number of nitrogens with one attached hydrogen (secondary N) is 1. The zero-order chi connectivity index (χ0) is 17.9. The molecule has 2 rings (SSSR count). The van der Waals surface area contributed by atoms with E-state index in [0.29, 0.717) is 37.4 Å². The fourth-order valence-corrected chi connectivity index (χ4v) is 3.14. The van der Waals surface area contributed by atoms with Crippen LogP contribution in [0.1, 0.15) is 24.2 Å². The van der Waals surface area contributed by atoms with Crippen LogP contribution in [0, 0.1) is 5.92 Å². The van der Waals surface area contributed by atoms with Crippen LogP contribution in [0.3, 0.4) is 0 Å². The molecule has 0 atom stereocenters. The van der Waals surface area contributed by atoms with Crippen molar-refractivity contribution < 1.29 is 18.0 Å². The van der Waals surface area contributed by atoms with Gasteiger partial charge < -0.3 is 9.80 Å². The Kier molecular flexibility index (Phi) is 5.48. The van der Waals surface area contributed by atoms with E-state index in [9.17, 15) is 18.0 Å². The van der Waals surface area contributed by atoms with E-state index < -0.39 is 10.0 Å². The van der Waals surface area contributed by atoms with Gasteiger partial charge >= 0.3 is 0 Å². The molecule has 0 bridgehead atoms. The number of amides is 2. The van der Waals surface area contributed by atoms with Crippen LogP contribution in [0.25, 0.3) is 0 Å². The van der Waals surface area contributed by atoms with Gasteiger partial charge in [-0.1, -0.05) is 13.8 Å². The lowest BCUT2D eigenvalue weighted by molar-refractivity contribution is -0.135. The molecule has 1 aliphatic rings. The van der Waals surface area contributed by atoms with Gasteiger partial charge in [0.05, 0.1) is 6.26 Å². The van der Waals surface area contributed by atoms with Gasteiger partial charge in [0.15, 0.2) is 0 Å². The molecule has 0 aliphatic carbocycles.